The van der Waals surface area contributed by atoms with Gasteiger partial charge in [-0.05, 0) is 0 Å². The predicted molar refractivity (Wildman–Crippen MR) is 256 cm³/mol. The molecule has 0 amide bonds. The van der Waals surface area contributed by atoms with Crippen LogP contribution in [0.1, 0.15) is 137 Å². The number of benzene rings is 3. The Bertz CT molecular complexity index is 2390. The van der Waals surface area contributed by atoms with E-state index in [0.717, 1.165) is 140 Å². The molecule has 6 radical (unpaired) electrons. The van der Waals surface area contributed by atoms with Crippen molar-refractivity contribution >= 4 is 79.6 Å². The summed E-state index contributed by atoms with van der Waals surface area (Å²) in [5.74, 6) is 1.89. The van der Waals surface area contributed by atoms with Gasteiger partial charge in [-0.15, -0.1) is 0 Å². The van der Waals surface area contributed by atoms with Gasteiger partial charge in [-0.25, -0.2) is 0 Å². The van der Waals surface area contributed by atoms with Gasteiger partial charge in [-0.2, -0.15) is 0 Å². The van der Waals surface area contributed by atoms with Crippen molar-refractivity contribution in [3.8, 4) is 11.5 Å². The molecule has 5 heterocycles. The first kappa shape index (κ1) is 42.4. The van der Waals surface area contributed by atoms with Gasteiger partial charge in [0.2, 0.25) is 0 Å². The van der Waals surface area contributed by atoms with Crippen LogP contribution in [0, 0.1) is 0 Å². The van der Waals surface area contributed by atoms with Gasteiger partial charge in [0.15, 0.2) is 0 Å². The Morgan fingerprint density at radius 1 is 0.733 bits per heavy atom. The Kier molecular flexibility index (Phi) is 12.0. The molecule has 3 aromatic rings. The van der Waals surface area contributed by atoms with Crippen molar-refractivity contribution < 1.29 is 9.84 Å². The molecule has 0 bridgehead atoms. The third-order valence-corrected chi connectivity index (χ3v) is 15.6. The molecule has 0 saturated heterocycles. The van der Waals surface area contributed by atoms with Crippen molar-refractivity contribution in [3.05, 3.63) is 131 Å². The molecule has 3 aromatic carbocycles. The molecule has 6 aliphatic rings. The summed E-state index contributed by atoms with van der Waals surface area (Å²) >= 11 is 1.98. The Balaban J connectivity index is 1.20. The molecule has 0 fully saturated rings. The fraction of sp³-hybridized carbons (Fsp3) is 0.444. The first-order valence-corrected chi connectivity index (χ1v) is 27.5. The number of fused-ring (bicyclic) bond motifs is 2. The summed E-state index contributed by atoms with van der Waals surface area (Å²) < 4.78 is 8.88. The SMILES string of the molecule is CC(C)(C)c1cc(C2=C(/C=C/C(=C/[CH2][Pb])c3cc4c5c(c3[OH2+])CCCN5CCC4)CCC/C2=C\C=C2/C=[C]([Pb])Oc3c2cc2c4c3CCCN4CCC2)cc(C(C)(C)C)c1. The Labute approximate surface area is 392 Å². The quantitative estimate of drug-likeness (QED) is 0.140. The topological polar surface area (TPSA) is 38.6 Å². The summed E-state index contributed by atoms with van der Waals surface area (Å²) in [5, 5.41) is 9.59. The van der Waals surface area contributed by atoms with Gasteiger partial charge in [0, 0.05) is 0 Å². The molecule has 0 aromatic heterocycles. The number of aryl methyl sites for hydroxylation is 2. The summed E-state index contributed by atoms with van der Waals surface area (Å²) in [6.07, 6.45) is 27.0. The average Bonchev–Trinajstić information content (AvgIpc) is 3.22. The number of rotatable bonds is 6. The number of hydrogen-bond donors (Lipinski definition) is 0. The van der Waals surface area contributed by atoms with Gasteiger partial charge in [0.1, 0.15) is 0 Å². The molecule has 4 nitrogen and oxygen atoms in total. The normalized spacial score (nSPS) is 20.7. The van der Waals surface area contributed by atoms with E-state index in [1.165, 1.54) is 116 Å². The van der Waals surface area contributed by atoms with E-state index in [4.69, 9.17) is 4.74 Å². The Morgan fingerprint density at radius 2 is 1.35 bits per heavy atom. The minimum atomic E-state index is 0.0217. The molecule has 6 heteroatoms. The van der Waals surface area contributed by atoms with Crippen LogP contribution in [0.3, 0.4) is 0 Å². The molecular weight excluding hydrogens is 1120 g/mol. The fourth-order valence-corrected chi connectivity index (χ4v) is 12.6. The molecule has 5 aliphatic heterocycles. The van der Waals surface area contributed by atoms with Crippen LogP contribution in [0.5, 0.6) is 11.5 Å². The second kappa shape index (κ2) is 17.0. The first-order chi connectivity index (χ1) is 28.8. The van der Waals surface area contributed by atoms with Crippen molar-refractivity contribution in [2.75, 3.05) is 36.0 Å². The van der Waals surface area contributed by atoms with Gasteiger partial charge in [0.25, 0.3) is 0 Å². The van der Waals surface area contributed by atoms with Crippen LogP contribution < -0.4 is 14.5 Å². The molecule has 1 aliphatic carbocycles. The molecule has 60 heavy (non-hydrogen) atoms. The van der Waals surface area contributed by atoms with Crippen LogP contribution in [-0.4, -0.2) is 82.8 Å². The van der Waals surface area contributed by atoms with E-state index in [1.54, 1.807) is 0 Å². The molecule has 0 spiro atoms. The van der Waals surface area contributed by atoms with E-state index in [9.17, 15) is 5.11 Å². The third-order valence-electron chi connectivity index (χ3n) is 13.9. The van der Waals surface area contributed by atoms with Crippen molar-refractivity contribution in [2.24, 2.45) is 0 Å². The number of anilines is 2. The van der Waals surface area contributed by atoms with Gasteiger partial charge in [-0.3, -0.25) is 0 Å². The third kappa shape index (κ3) is 8.23. The number of allylic oxidation sites excluding steroid dienone is 11. The van der Waals surface area contributed by atoms with Gasteiger partial charge in [0.05, 0.1) is 0 Å². The van der Waals surface area contributed by atoms with Gasteiger partial charge >= 0.3 is 395 Å². The molecule has 2 N–H and O–H groups in total. The number of hydrogen-bond acceptors (Lipinski definition) is 3. The fourth-order valence-electron chi connectivity index (χ4n) is 10.8. The summed E-state index contributed by atoms with van der Waals surface area (Å²) in [6.45, 7) is 18.8. The van der Waals surface area contributed by atoms with E-state index in [1.807, 2.05) is 0 Å². The maximum atomic E-state index is 9.59. The van der Waals surface area contributed by atoms with Crippen LogP contribution in [0.4, 0.5) is 11.4 Å². The Morgan fingerprint density at radius 3 is 2.00 bits per heavy atom. The van der Waals surface area contributed by atoms with Crippen molar-refractivity contribution in [1.82, 2.24) is 0 Å². The summed E-state index contributed by atoms with van der Waals surface area (Å²) in [6, 6.07) is 12.3. The van der Waals surface area contributed by atoms with E-state index >= 15 is 0 Å². The maximum absolute atomic E-state index is 9.59. The zero-order chi connectivity index (χ0) is 41.9. The van der Waals surface area contributed by atoms with Crippen molar-refractivity contribution in [2.45, 2.75) is 127 Å². The molecule has 308 valence electrons. The molecular formula is C54H63N2O2Pb2+. The van der Waals surface area contributed by atoms with Crippen LogP contribution >= 0.6 is 0 Å². The van der Waals surface area contributed by atoms with Crippen LogP contribution in [-0.2, 0) is 36.5 Å². The molecule has 9 rings (SSSR count). The van der Waals surface area contributed by atoms with Gasteiger partial charge < -0.3 is 0 Å². The molecule has 0 saturated carbocycles. The number of nitrogens with zero attached hydrogens (tertiary/aromatic N) is 2. The van der Waals surface area contributed by atoms with Crippen LogP contribution in [0.25, 0.3) is 16.7 Å². The monoisotopic (exact) mass is 1190 g/mol. The molecule has 0 atom stereocenters. The summed E-state index contributed by atoms with van der Waals surface area (Å²) in [5.41, 5.74) is 21.9. The second-order valence-corrected chi connectivity index (χ2v) is 23.6. The Hall–Kier alpha value is -2.86. The van der Waals surface area contributed by atoms with Gasteiger partial charge in [-0.1, -0.05) is 0 Å². The van der Waals surface area contributed by atoms with Crippen LogP contribution in [0.2, 0.25) is 3.98 Å². The van der Waals surface area contributed by atoms with E-state index in [2.05, 4.69) is 118 Å². The standard InChI is InChI=1S/C54H62N2O2.2Pb/c1-8-35(46-32-39-16-10-25-55-27-12-18-44(49(39)55)51(46)57)20-22-37-14-9-15-38(48(37)41-30-42(53(2,3)4)34-43(31-41)54(5,6)7)23-21-36-24-29-58-52-45-19-13-28-56-26-11-17-40(50(45)56)33-47(36)52;;/h8,20-24,30-34,57H,1,9-19,25-28H2,2-7H3;;/p+1/b22-20+,35-8-,36-21+,38-23+;;. The average molecular weight is 1190 g/mol. The first-order valence-electron chi connectivity index (χ1n) is 22.8. The molecule has 0 unspecified atom stereocenters. The van der Waals surface area contributed by atoms with E-state index in [-0.39, 0.29) is 10.8 Å². The number of ether oxygens (including phenoxy) is 1. The minimum absolute atomic E-state index is 0.0217. The zero-order valence-electron chi connectivity index (χ0n) is 37.0. The summed E-state index contributed by atoms with van der Waals surface area (Å²) in [7, 11) is 0. The van der Waals surface area contributed by atoms with Crippen molar-refractivity contribution in [3.63, 3.8) is 0 Å². The second-order valence-electron chi connectivity index (χ2n) is 20.1. The van der Waals surface area contributed by atoms with E-state index in [0.29, 0.717) is 0 Å². The van der Waals surface area contributed by atoms with Crippen molar-refractivity contribution in [1.29, 1.82) is 0 Å². The van der Waals surface area contributed by atoms with E-state index < -0.39 is 0 Å². The zero-order valence-corrected chi connectivity index (χ0v) is 44.7. The predicted octanol–water partition coefficient (Wildman–Crippen LogP) is 11.7. The summed E-state index contributed by atoms with van der Waals surface area (Å²) in [4.78, 5) is 5.20. The van der Waals surface area contributed by atoms with Crippen LogP contribution in [0.15, 0.2) is 81.3 Å².